The molecular weight excluding hydrogens is 378 g/mol. The van der Waals surface area contributed by atoms with Crippen LogP contribution in [-0.2, 0) is 5.41 Å². The summed E-state index contributed by atoms with van der Waals surface area (Å²) in [6, 6.07) is 12.8. The minimum atomic E-state index is -0.262. The van der Waals surface area contributed by atoms with Crippen LogP contribution in [0.3, 0.4) is 0 Å². The van der Waals surface area contributed by atoms with Gasteiger partial charge in [-0.15, -0.1) is 0 Å². The molecule has 2 aromatic carbocycles. The lowest BCUT2D eigenvalue weighted by Crippen LogP contribution is -2.52. The third-order valence-corrected chi connectivity index (χ3v) is 6.04. The number of likely N-dealkylation sites (N-methyl/N-ethyl adjacent to an activating group) is 1. The van der Waals surface area contributed by atoms with Crippen LogP contribution >= 0.6 is 0 Å². The fourth-order valence-corrected chi connectivity index (χ4v) is 4.21. The lowest BCUT2D eigenvalue weighted by Gasteiger charge is -2.35. The molecule has 2 aliphatic rings. The molecule has 3 amide bonds. The molecule has 0 radical (unpaired) electrons. The monoisotopic (exact) mass is 407 g/mol. The predicted octanol–water partition coefficient (Wildman–Crippen LogP) is 2.99. The number of hydrogen-bond acceptors (Lipinski definition) is 4. The molecule has 0 saturated carbocycles. The quantitative estimate of drug-likeness (QED) is 0.750. The van der Waals surface area contributed by atoms with E-state index in [-0.39, 0.29) is 17.4 Å². The van der Waals surface area contributed by atoms with E-state index in [4.69, 9.17) is 5.73 Å². The van der Waals surface area contributed by atoms with Gasteiger partial charge >= 0.3 is 6.03 Å². The predicted molar refractivity (Wildman–Crippen MR) is 120 cm³/mol. The van der Waals surface area contributed by atoms with E-state index in [1.54, 1.807) is 24.3 Å². The molecule has 7 heteroatoms. The first-order valence-corrected chi connectivity index (χ1v) is 10.3. The highest BCUT2D eigenvalue weighted by molar-refractivity contribution is 6.08. The molecule has 158 valence electrons. The van der Waals surface area contributed by atoms with Crippen LogP contribution in [0.4, 0.5) is 21.9 Å². The van der Waals surface area contributed by atoms with Crippen molar-refractivity contribution in [2.24, 2.45) is 0 Å². The van der Waals surface area contributed by atoms with Gasteiger partial charge in [0.15, 0.2) is 0 Å². The molecule has 2 heterocycles. The summed E-state index contributed by atoms with van der Waals surface area (Å²) in [4.78, 5) is 32.0. The van der Waals surface area contributed by atoms with Crippen molar-refractivity contribution in [3.05, 3.63) is 53.6 Å². The van der Waals surface area contributed by atoms with E-state index >= 15 is 0 Å². The second kappa shape index (κ2) is 7.65. The largest absolute Gasteiger partial charge is 0.398 e. The molecule has 30 heavy (non-hydrogen) atoms. The van der Waals surface area contributed by atoms with Crippen LogP contribution in [-0.4, -0.2) is 61.5 Å². The first-order valence-electron chi connectivity index (χ1n) is 10.3. The highest BCUT2D eigenvalue weighted by atomic mass is 16.2. The number of para-hydroxylation sites is 1. The van der Waals surface area contributed by atoms with E-state index in [1.165, 1.54) is 0 Å². The van der Waals surface area contributed by atoms with Crippen molar-refractivity contribution < 1.29 is 9.59 Å². The highest BCUT2D eigenvalue weighted by Crippen LogP contribution is 2.42. The molecule has 4 rings (SSSR count). The number of rotatable bonds is 2. The molecular formula is C23H29N5O2. The Morgan fingerprint density at radius 2 is 1.73 bits per heavy atom. The van der Waals surface area contributed by atoms with Gasteiger partial charge in [0, 0.05) is 49.5 Å². The van der Waals surface area contributed by atoms with Gasteiger partial charge in [-0.05, 0) is 36.9 Å². The molecule has 0 aliphatic carbocycles. The molecule has 1 fully saturated rings. The standard InChI is InChI=1S/C23H29N5O2/c1-23(2)15-28(22(30)27-12-10-26(3)11-13-27)20-14-16(8-9-18(20)23)25-21(29)17-6-4-5-7-19(17)24/h4-9,14H,10-13,15,24H2,1-3H3,(H,25,29). The Hall–Kier alpha value is -3.06. The SMILES string of the molecule is CN1CCN(C(=O)N2CC(C)(C)c3ccc(NC(=O)c4ccccc4N)cc32)CC1. The van der Waals surface area contributed by atoms with Gasteiger partial charge in [0.25, 0.3) is 5.91 Å². The number of carbonyl (C=O) groups excluding carboxylic acids is 2. The zero-order valence-electron chi connectivity index (χ0n) is 17.8. The molecule has 3 N–H and O–H groups in total. The zero-order chi connectivity index (χ0) is 21.5. The minimum absolute atomic E-state index is 0.0331. The Kier molecular flexibility index (Phi) is 5.15. The van der Waals surface area contributed by atoms with Crippen LogP contribution < -0.4 is 16.0 Å². The molecule has 7 nitrogen and oxygen atoms in total. The van der Waals surface area contributed by atoms with Gasteiger partial charge in [0.1, 0.15) is 0 Å². The number of fused-ring (bicyclic) bond motifs is 1. The Bertz CT molecular complexity index is 979. The van der Waals surface area contributed by atoms with Crippen LogP contribution in [0.25, 0.3) is 0 Å². The molecule has 1 saturated heterocycles. The molecule has 0 aromatic heterocycles. The zero-order valence-corrected chi connectivity index (χ0v) is 17.8. The number of carbonyl (C=O) groups is 2. The number of nitrogen functional groups attached to an aromatic ring is 1. The second-order valence-corrected chi connectivity index (χ2v) is 8.82. The number of nitrogens with one attached hydrogen (secondary N) is 1. The van der Waals surface area contributed by atoms with Crippen molar-refractivity contribution in [1.82, 2.24) is 9.80 Å². The van der Waals surface area contributed by atoms with Crippen LogP contribution in [0, 0.1) is 0 Å². The highest BCUT2D eigenvalue weighted by Gasteiger charge is 2.40. The average molecular weight is 408 g/mol. The van der Waals surface area contributed by atoms with Crippen molar-refractivity contribution in [2.75, 3.05) is 55.7 Å². The van der Waals surface area contributed by atoms with E-state index in [1.807, 2.05) is 28.0 Å². The van der Waals surface area contributed by atoms with Crippen LogP contribution in [0.5, 0.6) is 0 Å². The first kappa shape index (κ1) is 20.2. The maximum Gasteiger partial charge on any atom is 0.324 e. The smallest absolute Gasteiger partial charge is 0.324 e. The Labute approximate surface area is 177 Å². The third kappa shape index (κ3) is 3.73. The van der Waals surface area contributed by atoms with Crippen LogP contribution in [0.2, 0.25) is 0 Å². The molecule has 2 aromatic rings. The average Bonchev–Trinajstić information content (AvgIpc) is 2.98. The number of nitrogens with zero attached hydrogens (tertiary/aromatic N) is 3. The fraction of sp³-hybridized carbons (Fsp3) is 0.391. The first-order chi connectivity index (χ1) is 14.3. The van der Waals surface area contributed by atoms with E-state index in [0.29, 0.717) is 23.5 Å². The van der Waals surface area contributed by atoms with Crippen LogP contribution in [0.1, 0.15) is 29.8 Å². The van der Waals surface area contributed by atoms with E-state index in [2.05, 4.69) is 31.1 Å². The van der Waals surface area contributed by atoms with E-state index < -0.39 is 0 Å². The number of urea groups is 1. The molecule has 0 atom stereocenters. The van der Waals surface area contributed by atoms with E-state index in [9.17, 15) is 9.59 Å². The van der Waals surface area contributed by atoms with Crippen molar-refractivity contribution in [2.45, 2.75) is 19.3 Å². The minimum Gasteiger partial charge on any atom is -0.398 e. The summed E-state index contributed by atoms with van der Waals surface area (Å²) in [6.45, 7) is 8.13. The lowest BCUT2D eigenvalue weighted by atomic mass is 9.87. The maximum atomic E-state index is 13.3. The van der Waals surface area contributed by atoms with Gasteiger partial charge in [-0.3, -0.25) is 9.69 Å². The van der Waals surface area contributed by atoms with Crippen LogP contribution in [0.15, 0.2) is 42.5 Å². The van der Waals surface area contributed by atoms with Gasteiger partial charge in [-0.1, -0.05) is 32.0 Å². The van der Waals surface area contributed by atoms with Gasteiger partial charge in [-0.25, -0.2) is 4.79 Å². The fourth-order valence-electron chi connectivity index (χ4n) is 4.21. The van der Waals surface area contributed by atoms with Crippen molar-refractivity contribution in [1.29, 1.82) is 0 Å². The number of anilines is 3. The van der Waals surface area contributed by atoms with Gasteiger partial charge in [0.05, 0.1) is 11.3 Å². The normalized spacial score (nSPS) is 18.2. The Balaban J connectivity index is 1.59. The summed E-state index contributed by atoms with van der Waals surface area (Å²) in [5.74, 6) is -0.262. The summed E-state index contributed by atoms with van der Waals surface area (Å²) in [5.41, 5.74) is 9.28. The molecule has 2 aliphatic heterocycles. The van der Waals surface area contributed by atoms with Gasteiger partial charge in [0.2, 0.25) is 0 Å². The summed E-state index contributed by atoms with van der Waals surface area (Å²) in [7, 11) is 2.07. The number of piperazine rings is 1. The topological polar surface area (TPSA) is 81.9 Å². The second-order valence-electron chi connectivity index (χ2n) is 8.82. The number of benzene rings is 2. The summed E-state index contributed by atoms with van der Waals surface area (Å²) < 4.78 is 0. The molecule has 0 unspecified atom stereocenters. The van der Waals surface area contributed by atoms with Crippen molar-refractivity contribution in [3.63, 3.8) is 0 Å². The number of amides is 3. The Morgan fingerprint density at radius 3 is 2.43 bits per heavy atom. The third-order valence-electron chi connectivity index (χ3n) is 6.04. The number of nitrogens with two attached hydrogens (primary N) is 1. The summed E-state index contributed by atoms with van der Waals surface area (Å²) in [6.07, 6.45) is 0. The summed E-state index contributed by atoms with van der Waals surface area (Å²) in [5, 5.41) is 2.92. The lowest BCUT2D eigenvalue weighted by molar-refractivity contribution is 0.102. The van der Waals surface area contributed by atoms with E-state index in [0.717, 1.165) is 37.4 Å². The van der Waals surface area contributed by atoms with Gasteiger partial charge in [-0.2, -0.15) is 0 Å². The number of hydrogen-bond donors (Lipinski definition) is 2. The summed E-state index contributed by atoms with van der Waals surface area (Å²) >= 11 is 0. The maximum absolute atomic E-state index is 13.3. The molecule has 0 bridgehead atoms. The van der Waals surface area contributed by atoms with Gasteiger partial charge < -0.3 is 20.9 Å². The Morgan fingerprint density at radius 1 is 1.03 bits per heavy atom. The van der Waals surface area contributed by atoms with Crippen molar-refractivity contribution in [3.8, 4) is 0 Å². The van der Waals surface area contributed by atoms with Crippen molar-refractivity contribution >= 4 is 29.0 Å². The molecule has 0 spiro atoms.